The molecule has 0 fully saturated rings. The zero-order valence-corrected chi connectivity index (χ0v) is 15.0. The van der Waals surface area contributed by atoms with Crippen molar-refractivity contribution in [1.29, 1.82) is 0 Å². The van der Waals surface area contributed by atoms with Crippen molar-refractivity contribution in [1.82, 2.24) is 19.1 Å². The molecule has 0 spiro atoms. The van der Waals surface area contributed by atoms with Crippen molar-refractivity contribution in [2.24, 2.45) is 14.1 Å². The quantitative estimate of drug-likeness (QED) is 0.527. The van der Waals surface area contributed by atoms with Crippen molar-refractivity contribution < 1.29 is 13.9 Å². The largest absolute Gasteiger partial charge is 0.497 e. The zero-order valence-electron chi connectivity index (χ0n) is 14.2. The van der Waals surface area contributed by atoms with Gasteiger partial charge in [-0.15, -0.1) is 0 Å². The van der Waals surface area contributed by atoms with Crippen molar-refractivity contribution in [2.45, 2.75) is 5.16 Å². The number of halogens is 1. The molecule has 0 aliphatic carbocycles. The van der Waals surface area contributed by atoms with E-state index in [2.05, 4.69) is 9.97 Å². The number of benzene rings is 1. The minimum Gasteiger partial charge on any atom is -0.497 e. The molecule has 136 valence electrons. The van der Waals surface area contributed by atoms with Crippen molar-refractivity contribution >= 4 is 28.7 Å². The van der Waals surface area contributed by atoms with Gasteiger partial charge < -0.3 is 9.30 Å². The van der Waals surface area contributed by atoms with Gasteiger partial charge in [-0.25, -0.2) is 14.2 Å². The predicted molar refractivity (Wildman–Crippen MR) is 94.6 cm³/mol. The Bertz CT molecular complexity index is 1130. The summed E-state index contributed by atoms with van der Waals surface area (Å²) in [4.78, 5) is 42.4. The van der Waals surface area contributed by atoms with Gasteiger partial charge >= 0.3 is 5.69 Å². The molecule has 0 saturated carbocycles. The Morgan fingerprint density at radius 2 is 2.04 bits per heavy atom. The van der Waals surface area contributed by atoms with E-state index in [1.54, 1.807) is 7.05 Å². The van der Waals surface area contributed by atoms with Crippen LogP contribution in [0, 0.1) is 5.82 Å². The fraction of sp³-hybridized carbons (Fsp3) is 0.250. The number of ketones is 1. The number of aryl methyl sites for hydroxylation is 2. The van der Waals surface area contributed by atoms with Crippen molar-refractivity contribution in [3.8, 4) is 5.75 Å². The Kier molecular flexibility index (Phi) is 4.68. The molecule has 3 rings (SSSR count). The summed E-state index contributed by atoms with van der Waals surface area (Å²) in [7, 11) is 4.50. The van der Waals surface area contributed by atoms with Gasteiger partial charge in [0, 0.05) is 20.2 Å². The molecule has 0 amide bonds. The standard InChI is InChI=1S/C16H15FN4O4S/c1-20-12-13(21(2)15(24)19-14(12)23)18-16(20)26-7-11(22)9-5-4-8(25-3)6-10(9)17/h4-6H,7H2,1-3H3,(H,19,23,24). The Morgan fingerprint density at radius 3 is 2.69 bits per heavy atom. The van der Waals surface area contributed by atoms with Crippen molar-refractivity contribution in [3.63, 3.8) is 0 Å². The highest BCUT2D eigenvalue weighted by atomic mass is 32.2. The molecule has 1 N–H and O–H groups in total. The maximum absolute atomic E-state index is 14.0. The molecule has 2 heterocycles. The number of fused-ring (bicyclic) bond motifs is 1. The molecule has 0 aliphatic rings. The lowest BCUT2D eigenvalue weighted by Gasteiger charge is -2.05. The second-order valence-electron chi connectivity index (χ2n) is 5.50. The summed E-state index contributed by atoms with van der Waals surface area (Å²) >= 11 is 1.05. The summed E-state index contributed by atoms with van der Waals surface area (Å²) in [6, 6.07) is 4.01. The number of aromatic amines is 1. The van der Waals surface area contributed by atoms with Gasteiger partial charge in [0.1, 0.15) is 11.6 Å². The van der Waals surface area contributed by atoms with E-state index in [1.807, 2.05) is 0 Å². The van der Waals surface area contributed by atoms with E-state index in [4.69, 9.17) is 4.74 Å². The van der Waals surface area contributed by atoms with Crippen molar-refractivity contribution in [2.75, 3.05) is 12.9 Å². The maximum atomic E-state index is 14.0. The number of methoxy groups -OCH3 is 1. The van der Waals surface area contributed by atoms with E-state index in [9.17, 15) is 18.8 Å². The smallest absolute Gasteiger partial charge is 0.329 e. The number of hydrogen-bond donors (Lipinski definition) is 1. The molecular weight excluding hydrogens is 363 g/mol. The van der Waals surface area contributed by atoms with Gasteiger partial charge in [0.15, 0.2) is 22.1 Å². The highest BCUT2D eigenvalue weighted by Crippen LogP contribution is 2.23. The number of thioether (sulfide) groups is 1. The number of rotatable bonds is 5. The van der Waals surface area contributed by atoms with Gasteiger partial charge in [-0.1, -0.05) is 11.8 Å². The van der Waals surface area contributed by atoms with Gasteiger partial charge in [0.05, 0.1) is 18.4 Å². The lowest BCUT2D eigenvalue weighted by Crippen LogP contribution is -2.29. The van der Waals surface area contributed by atoms with Gasteiger partial charge in [-0.3, -0.25) is 19.1 Å². The molecule has 26 heavy (non-hydrogen) atoms. The highest BCUT2D eigenvalue weighted by Gasteiger charge is 2.18. The molecule has 8 nitrogen and oxygen atoms in total. The third-order valence-corrected chi connectivity index (χ3v) is 4.93. The van der Waals surface area contributed by atoms with E-state index in [-0.39, 0.29) is 22.5 Å². The number of aromatic nitrogens is 4. The number of nitrogens with zero attached hydrogens (tertiary/aromatic N) is 3. The second kappa shape index (κ2) is 6.79. The summed E-state index contributed by atoms with van der Waals surface area (Å²) in [6.07, 6.45) is 0. The molecule has 0 radical (unpaired) electrons. The minimum absolute atomic E-state index is 0.0534. The number of Topliss-reactive ketones (excluding diaryl/α,β-unsaturated/α-hetero) is 1. The first-order valence-corrected chi connectivity index (χ1v) is 8.47. The molecular formula is C16H15FN4O4S. The van der Waals surface area contributed by atoms with Crippen molar-refractivity contribution in [3.05, 3.63) is 50.4 Å². The topological polar surface area (TPSA) is 99.0 Å². The lowest BCUT2D eigenvalue weighted by atomic mass is 10.1. The van der Waals surface area contributed by atoms with Crippen LogP contribution in [-0.4, -0.2) is 37.7 Å². The molecule has 1 aromatic carbocycles. The first kappa shape index (κ1) is 17.9. The number of carbonyl (C=O) groups is 1. The Hall–Kier alpha value is -2.88. The molecule has 0 aliphatic heterocycles. The molecule has 0 atom stereocenters. The molecule has 10 heteroatoms. The first-order chi connectivity index (χ1) is 12.3. The van der Waals surface area contributed by atoms with Crippen LogP contribution in [0.5, 0.6) is 5.75 Å². The van der Waals surface area contributed by atoms with E-state index >= 15 is 0 Å². The maximum Gasteiger partial charge on any atom is 0.329 e. The van der Waals surface area contributed by atoms with Crippen LogP contribution in [0.15, 0.2) is 32.9 Å². The van der Waals surface area contributed by atoms with Gasteiger partial charge in [-0.05, 0) is 12.1 Å². The lowest BCUT2D eigenvalue weighted by molar-refractivity contribution is 0.101. The number of nitrogens with one attached hydrogen (secondary N) is 1. The van der Waals surface area contributed by atoms with Crippen LogP contribution in [0.4, 0.5) is 4.39 Å². The summed E-state index contributed by atoms with van der Waals surface area (Å²) in [5.74, 6) is -0.849. The molecule has 3 aromatic rings. The minimum atomic E-state index is -0.668. The Morgan fingerprint density at radius 1 is 1.31 bits per heavy atom. The van der Waals surface area contributed by atoms with E-state index in [1.165, 1.54) is 35.4 Å². The first-order valence-electron chi connectivity index (χ1n) is 7.48. The van der Waals surface area contributed by atoms with E-state index in [0.717, 1.165) is 17.8 Å². The van der Waals surface area contributed by atoms with Crippen LogP contribution in [0.1, 0.15) is 10.4 Å². The number of ether oxygens (including phenoxy) is 1. The fourth-order valence-corrected chi connectivity index (χ4v) is 3.33. The van der Waals surface area contributed by atoms with Crippen LogP contribution >= 0.6 is 11.8 Å². The van der Waals surface area contributed by atoms with E-state index in [0.29, 0.717) is 10.9 Å². The fourth-order valence-electron chi connectivity index (χ4n) is 2.47. The average molecular weight is 378 g/mol. The van der Waals surface area contributed by atoms with Crippen LogP contribution in [-0.2, 0) is 14.1 Å². The molecule has 0 bridgehead atoms. The van der Waals surface area contributed by atoms with Gasteiger partial charge in [0.2, 0.25) is 0 Å². The highest BCUT2D eigenvalue weighted by molar-refractivity contribution is 7.99. The average Bonchev–Trinajstić information content (AvgIpc) is 2.94. The predicted octanol–water partition coefficient (Wildman–Crippen LogP) is 1.08. The molecule has 0 unspecified atom stereocenters. The normalized spacial score (nSPS) is 11.1. The van der Waals surface area contributed by atoms with Gasteiger partial charge in [-0.2, -0.15) is 0 Å². The van der Waals surface area contributed by atoms with Crippen LogP contribution < -0.4 is 16.0 Å². The SMILES string of the molecule is COc1ccc(C(=O)CSc2nc3c(c(=O)[nH]c(=O)n3C)n2C)c(F)c1. The second-order valence-corrected chi connectivity index (χ2v) is 6.44. The third kappa shape index (κ3) is 3.03. The number of carbonyl (C=O) groups excluding carboxylic acids is 1. The monoisotopic (exact) mass is 378 g/mol. The summed E-state index contributed by atoms with van der Waals surface area (Å²) in [6.45, 7) is 0. The van der Waals surface area contributed by atoms with Crippen LogP contribution in [0.2, 0.25) is 0 Å². The number of hydrogen-bond acceptors (Lipinski definition) is 6. The molecule has 2 aromatic heterocycles. The van der Waals surface area contributed by atoms with Crippen LogP contribution in [0.25, 0.3) is 11.2 Å². The van der Waals surface area contributed by atoms with Gasteiger partial charge in [0.25, 0.3) is 5.56 Å². The zero-order chi connectivity index (χ0) is 19.0. The number of H-pyrrole nitrogens is 1. The Balaban J connectivity index is 1.88. The van der Waals surface area contributed by atoms with Crippen LogP contribution in [0.3, 0.4) is 0 Å². The Labute approximate surface area is 150 Å². The summed E-state index contributed by atoms with van der Waals surface area (Å²) < 4.78 is 21.6. The summed E-state index contributed by atoms with van der Waals surface area (Å²) in [5.41, 5.74) is -0.752. The third-order valence-electron chi connectivity index (χ3n) is 3.90. The van der Waals surface area contributed by atoms with E-state index < -0.39 is 22.8 Å². The number of imidazole rings is 1. The molecule has 0 saturated heterocycles. The summed E-state index contributed by atoms with van der Waals surface area (Å²) in [5, 5.41) is 0.369.